The van der Waals surface area contributed by atoms with Crippen LogP contribution in [0.2, 0.25) is 0 Å². The number of terminal acetylenes is 1. The molecule has 0 aromatic heterocycles. The predicted molar refractivity (Wildman–Crippen MR) is 69.0 cm³/mol. The summed E-state index contributed by atoms with van der Waals surface area (Å²) in [5.41, 5.74) is -0.465. The maximum atomic E-state index is 11.8. The van der Waals surface area contributed by atoms with Crippen LogP contribution in [0, 0.1) is 18.3 Å². The van der Waals surface area contributed by atoms with Gasteiger partial charge in [0.1, 0.15) is 5.60 Å². The van der Waals surface area contributed by atoms with Crippen LogP contribution in [0.4, 0.5) is 4.79 Å². The van der Waals surface area contributed by atoms with Crippen LogP contribution in [-0.4, -0.2) is 35.5 Å². The predicted octanol–water partition coefficient (Wildman–Crippen LogP) is 2.23. The first-order chi connectivity index (χ1) is 8.31. The first-order valence-electron chi connectivity index (χ1n) is 6.29. The Labute approximate surface area is 109 Å². The number of nitrogens with zero attached hydrogens (tertiary/aromatic N) is 1. The van der Waals surface area contributed by atoms with E-state index in [-0.39, 0.29) is 11.9 Å². The van der Waals surface area contributed by atoms with Gasteiger partial charge in [0, 0.05) is 19.5 Å². The minimum Gasteiger partial charge on any atom is -0.444 e. The number of ketones is 1. The van der Waals surface area contributed by atoms with Crippen molar-refractivity contribution in [2.45, 2.75) is 45.6 Å². The van der Waals surface area contributed by atoms with Gasteiger partial charge >= 0.3 is 6.09 Å². The molecule has 0 atom stereocenters. The number of ether oxygens (including phenoxy) is 1. The van der Waals surface area contributed by atoms with Gasteiger partial charge in [-0.3, -0.25) is 4.79 Å². The van der Waals surface area contributed by atoms with E-state index in [1.165, 1.54) is 0 Å². The van der Waals surface area contributed by atoms with E-state index in [1.807, 2.05) is 20.8 Å². The zero-order valence-corrected chi connectivity index (χ0v) is 11.4. The lowest BCUT2D eigenvalue weighted by molar-refractivity contribution is -0.114. The van der Waals surface area contributed by atoms with E-state index >= 15 is 0 Å². The minimum atomic E-state index is -0.465. The molecule has 0 aliphatic carbocycles. The Morgan fingerprint density at radius 3 is 2.33 bits per heavy atom. The summed E-state index contributed by atoms with van der Waals surface area (Å²) in [4.78, 5) is 24.6. The van der Waals surface area contributed by atoms with Gasteiger partial charge in [-0.1, -0.05) is 0 Å². The molecule has 1 amide bonds. The van der Waals surface area contributed by atoms with E-state index in [9.17, 15) is 9.59 Å². The summed E-state index contributed by atoms with van der Waals surface area (Å²) in [6.45, 7) is 6.82. The summed E-state index contributed by atoms with van der Waals surface area (Å²) in [5.74, 6) is 2.28. The molecular formula is C14H21NO3. The van der Waals surface area contributed by atoms with Gasteiger partial charge in [-0.15, -0.1) is 6.42 Å². The fourth-order valence-electron chi connectivity index (χ4n) is 1.97. The second-order valence-electron chi connectivity index (χ2n) is 5.68. The third-order valence-electron chi connectivity index (χ3n) is 2.90. The Bertz CT molecular complexity index is 354. The van der Waals surface area contributed by atoms with Crippen molar-refractivity contribution >= 4 is 11.9 Å². The van der Waals surface area contributed by atoms with Crippen molar-refractivity contribution in [1.29, 1.82) is 0 Å². The van der Waals surface area contributed by atoms with Crippen LogP contribution in [0.1, 0.15) is 40.0 Å². The molecule has 1 heterocycles. The number of likely N-dealkylation sites (tertiary alicyclic amines) is 1. The van der Waals surface area contributed by atoms with E-state index in [0.29, 0.717) is 25.4 Å². The lowest BCUT2D eigenvalue weighted by Crippen LogP contribution is -2.41. The number of amides is 1. The highest BCUT2D eigenvalue weighted by atomic mass is 16.6. The zero-order valence-electron chi connectivity index (χ0n) is 11.4. The number of Topliss-reactive ketones (excluding diaryl/α,β-unsaturated/α-hetero) is 1. The monoisotopic (exact) mass is 251 g/mol. The maximum absolute atomic E-state index is 11.8. The number of carbonyl (C=O) groups is 2. The fraction of sp³-hybridized carbons (Fsp3) is 0.714. The van der Waals surface area contributed by atoms with Crippen LogP contribution in [0.15, 0.2) is 0 Å². The van der Waals surface area contributed by atoms with Crippen LogP contribution in [0.3, 0.4) is 0 Å². The third kappa shape index (κ3) is 4.79. The number of hydrogen-bond donors (Lipinski definition) is 0. The van der Waals surface area contributed by atoms with Gasteiger partial charge in [0.05, 0.1) is 0 Å². The molecule has 0 radical (unpaired) electrons. The Morgan fingerprint density at radius 1 is 1.33 bits per heavy atom. The maximum Gasteiger partial charge on any atom is 0.410 e. The molecular weight excluding hydrogens is 230 g/mol. The van der Waals surface area contributed by atoms with Gasteiger partial charge in [-0.05, 0) is 45.5 Å². The summed E-state index contributed by atoms with van der Waals surface area (Å²) >= 11 is 0. The Balaban J connectivity index is 2.38. The van der Waals surface area contributed by atoms with E-state index in [4.69, 9.17) is 11.2 Å². The summed E-state index contributed by atoms with van der Waals surface area (Å²) < 4.78 is 5.30. The smallest absolute Gasteiger partial charge is 0.410 e. The van der Waals surface area contributed by atoms with Crippen molar-refractivity contribution < 1.29 is 14.3 Å². The van der Waals surface area contributed by atoms with Crippen molar-refractivity contribution in [1.82, 2.24) is 4.90 Å². The highest BCUT2D eigenvalue weighted by Gasteiger charge is 2.27. The molecule has 1 aliphatic heterocycles. The van der Waals surface area contributed by atoms with Crippen LogP contribution >= 0.6 is 0 Å². The van der Waals surface area contributed by atoms with E-state index < -0.39 is 5.60 Å². The molecule has 0 bridgehead atoms. The van der Waals surface area contributed by atoms with Gasteiger partial charge in [-0.2, -0.15) is 0 Å². The molecule has 0 unspecified atom stereocenters. The lowest BCUT2D eigenvalue weighted by Gasteiger charge is -2.33. The summed E-state index contributed by atoms with van der Waals surface area (Å²) in [7, 11) is 0. The van der Waals surface area contributed by atoms with Crippen molar-refractivity contribution in [2.24, 2.45) is 5.92 Å². The third-order valence-corrected chi connectivity index (χ3v) is 2.90. The second-order valence-corrected chi connectivity index (χ2v) is 5.68. The van der Waals surface area contributed by atoms with Crippen molar-refractivity contribution in [3.05, 3.63) is 0 Å². The average molecular weight is 251 g/mol. The van der Waals surface area contributed by atoms with Crippen LogP contribution in [-0.2, 0) is 9.53 Å². The number of piperidine rings is 1. The molecule has 0 saturated carbocycles. The highest BCUT2D eigenvalue weighted by molar-refractivity contribution is 5.94. The Hall–Kier alpha value is -1.50. The first kappa shape index (κ1) is 14.6. The quantitative estimate of drug-likeness (QED) is 0.558. The molecule has 100 valence electrons. The first-order valence-corrected chi connectivity index (χ1v) is 6.29. The van der Waals surface area contributed by atoms with Crippen molar-refractivity contribution in [2.75, 3.05) is 13.1 Å². The van der Waals surface area contributed by atoms with E-state index in [1.54, 1.807) is 4.90 Å². The molecule has 1 aliphatic rings. The minimum absolute atomic E-state index is 0.147. The molecule has 0 N–H and O–H groups in total. The van der Waals surface area contributed by atoms with E-state index in [0.717, 1.165) is 12.8 Å². The summed E-state index contributed by atoms with van der Waals surface area (Å²) in [5, 5.41) is 0. The normalized spacial score (nSPS) is 17.1. The molecule has 4 heteroatoms. The van der Waals surface area contributed by atoms with Crippen molar-refractivity contribution in [3.8, 4) is 12.3 Å². The fourth-order valence-corrected chi connectivity index (χ4v) is 1.97. The highest BCUT2D eigenvalue weighted by Crippen LogP contribution is 2.22. The van der Waals surface area contributed by atoms with Gasteiger partial charge in [0.15, 0.2) is 0 Å². The summed E-state index contributed by atoms with van der Waals surface area (Å²) in [6.07, 6.45) is 6.83. The SMILES string of the molecule is C#CC(=O)CC1CCN(C(=O)OC(C)(C)C)CC1. The Kier molecular flexibility index (Phi) is 4.77. The average Bonchev–Trinajstić information content (AvgIpc) is 2.27. The molecule has 4 nitrogen and oxygen atoms in total. The Morgan fingerprint density at radius 2 is 1.89 bits per heavy atom. The molecule has 0 spiro atoms. The zero-order chi connectivity index (χ0) is 13.8. The molecule has 1 saturated heterocycles. The van der Waals surface area contributed by atoms with Gasteiger partial charge in [0.2, 0.25) is 5.78 Å². The molecule has 1 fully saturated rings. The van der Waals surface area contributed by atoms with Gasteiger partial charge in [-0.25, -0.2) is 4.79 Å². The van der Waals surface area contributed by atoms with Crippen molar-refractivity contribution in [3.63, 3.8) is 0 Å². The van der Waals surface area contributed by atoms with Gasteiger partial charge < -0.3 is 9.64 Å². The largest absolute Gasteiger partial charge is 0.444 e. The molecule has 1 rings (SSSR count). The van der Waals surface area contributed by atoms with Crippen LogP contribution < -0.4 is 0 Å². The standard InChI is InChI=1S/C14H21NO3/c1-5-12(16)10-11-6-8-15(9-7-11)13(17)18-14(2,3)4/h1,11H,6-10H2,2-4H3. The van der Waals surface area contributed by atoms with Gasteiger partial charge in [0.25, 0.3) is 0 Å². The number of carbonyl (C=O) groups excluding carboxylic acids is 2. The van der Waals surface area contributed by atoms with Crippen LogP contribution in [0.5, 0.6) is 0 Å². The number of hydrogen-bond acceptors (Lipinski definition) is 3. The second kappa shape index (κ2) is 5.90. The molecule has 0 aromatic rings. The van der Waals surface area contributed by atoms with E-state index in [2.05, 4.69) is 5.92 Å². The van der Waals surface area contributed by atoms with Crippen LogP contribution in [0.25, 0.3) is 0 Å². The molecule has 18 heavy (non-hydrogen) atoms. The molecule has 0 aromatic carbocycles. The number of rotatable bonds is 2. The lowest BCUT2D eigenvalue weighted by atomic mass is 9.92. The summed E-state index contributed by atoms with van der Waals surface area (Å²) in [6, 6.07) is 0. The topological polar surface area (TPSA) is 46.6 Å².